The molecule has 1 aliphatic carbocycles. The Hall–Kier alpha value is -2.01. The third kappa shape index (κ3) is 3.66. The number of hydrogen-bond donors (Lipinski definition) is 1. The van der Waals surface area contributed by atoms with E-state index in [1.807, 2.05) is 31.2 Å². The van der Waals surface area contributed by atoms with Crippen LogP contribution in [0.15, 0.2) is 41.5 Å². The molecule has 5 heteroatoms. The van der Waals surface area contributed by atoms with E-state index >= 15 is 0 Å². The Morgan fingerprint density at radius 1 is 1.08 bits per heavy atom. The lowest BCUT2D eigenvalue weighted by atomic mass is 9.84. The molecule has 0 spiro atoms. The molecule has 3 fully saturated rings. The number of hydrogen-bond acceptors (Lipinski definition) is 3. The molecule has 3 aliphatic rings. The summed E-state index contributed by atoms with van der Waals surface area (Å²) in [7, 11) is 0. The predicted molar refractivity (Wildman–Crippen MR) is 107 cm³/mol. The number of rotatable bonds is 2. The Morgan fingerprint density at radius 3 is 2.48 bits per heavy atom. The number of pyridine rings is 1. The molecule has 2 aromatic rings. The van der Waals surface area contributed by atoms with Gasteiger partial charge in [-0.15, -0.1) is 0 Å². The maximum atomic E-state index is 5.60. The van der Waals surface area contributed by atoms with Crippen molar-refractivity contribution in [3.05, 3.63) is 42.1 Å². The minimum atomic E-state index is 0.749. The summed E-state index contributed by atoms with van der Waals surface area (Å²) in [6, 6.07) is 12.2. The average molecular weight is 353 g/mol. The van der Waals surface area contributed by atoms with E-state index in [0.717, 1.165) is 52.3 Å². The third-order valence-electron chi connectivity index (χ3n) is 5.50. The number of fused-ring (bicyclic) bond motifs is 5. The molecule has 1 saturated carbocycles. The van der Waals surface area contributed by atoms with Gasteiger partial charge in [-0.3, -0.25) is 5.43 Å². The SMILES string of the molecule is C/C(=N\NC(=S)N1CC2CCC(CC2)C1)c1ccc2ccccc2n1. The van der Waals surface area contributed by atoms with E-state index < -0.39 is 0 Å². The first-order valence-corrected chi connectivity index (χ1v) is 9.55. The van der Waals surface area contributed by atoms with Crippen LogP contribution in [0.5, 0.6) is 0 Å². The quantitative estimate of drug-likeness (QED) is 0.505. The highest BCUT2D eigenvalue weighted by atomic mass is 32.1. The van der Waals surface area contributed by atoms with Crippen LogP contribution in [0.2, 0.25) is 0 Å². The minimum Gasteiger partial charge on any atom is -0.347 e. The van der Waals surface area contributed by atoms with E-state index in [9.17, 15) is 0 Å². The lowest BCUT2D eigenvalue weighted by molar-refractivity contribution is 0.326. The highest BCUT2D eigenvalue weighted by molar-refractivity contribution is 7.80. The van der Waals surface area contributed by atoms with Gasteiger partial charge in [0.05, 0.1) is 16.9 Å². The van der Waals surface area contributed by atoms with Gasteiger partial charge in [0.25, 0.3) is 0 Å². The van der Waals surface area contributed by atoms with Gasteiger partial charge in [0.15, 0.2) is 5.11 Å². The summed E-state index contributed by atoms with van der Waals surface area (Å²) in [6.07, 6.45) is 5.42. The van der Waals surface area contributed by atoms with Crippen LogP contribution in [0, 0.1) is 11.8 Å². The fourth-order valence-corrected chi connectivity index (χ4v) is 4.18. The van der Waals surface area contributed by atoms with Crippen molar-refractivity contribution in [2.45, 2.75) is 32.6 Å². The molecule has 25 heavy (non-hydrogen) atoms. The van der Waals surface area contributed by atoms with Crippen molar-refractivity contribution in [1.29, 1.82) is 0 Å². The number of benzene rings is 1. The van der Waals surface area contributed by atoms with E-state index in [1.54, 1.807) is 0 Å². The van der Waals surface area contributed by atoms with Crippen LogP contribution in [0.3, 0.4) is 0 Å². The van der Waals surface area contributed by atoms with Crippen molar-refractivity contribution in [2.24, 2.45) is 16.9 Å². The maximum Gasteiger partial charge on any atom is 0.189 e. The van der Waals surface area contributed by atoms with Crippen LogP contribution in [0.25, 0.3) is 10.9 Å². The van der Waals surface area contributed by atoms with E-state index in [-0.39, 0.29) is 0 Å². The van der Waals surface area contributed by atoms with Crippen LogP contribution < -0.4 is 5.43 Å². The van der Waals surface area contributed by atoms with Gasteiger partial charge in [0, 0.05) is 18.5 Å². The van der Waals surface area contributed by atoms with Crippen LogP contribution in [-0.4, -0.2) is 33.8 Å². The third-order valence-corrected chi connectivity index (χ3v) is 5.85. The first-order valence-electron chi connectivity index (χ1n) is 9.14. The van der Waals surface area contributed by atoms with E-state index in [0.29, 0.717) is 0 Å². The zero-order chi connectivity index (χ0) is 17.2. The van der Waals surface area contributed by atoms with Crippen molar-refractivity contribution in [2.75, 3.05) is 13.1 Å². The number of para-hydroxylation sites is 1. The largest absolute Gasteiger partial charge is 0.347 e. The molecular weight excluding hydrogens is 328 g/mol. The Morgan fingerprint density at radius 2 is 1.76 bits per heavy atom. The highest BCUT2D eigenvalue weighted by Gasteiger charge is 2.30. The van der Waals surface area contributed by atoms with E-state index in [1.165, 1.54) is 25.7 Å². The van der Waals surface area contributed by atoms with Crippen LogP contribution in [-0.2, 0) is 0 Å². The first-order chi connectivity index (χ1) is 12.2. The molecule has 2 aliphatic heterocycles. The molecule has 1 aromatic heterocycles. The summed E-state index contributed by atoms with van der Waals surface area (Å²) in [5.74, 6) is 1.59. The van der Waals surface area contributed by atoms with Crippen molar-refractivity contribution in [1.82, 2.24) is 15.3 Å². The summed E-state index contributed by atoms with van der Waals surface area (Å²) in [5.41, 5.74) is 5.82. The zero-order valence-corrected chi connectivity index (χ0v) is 15.4. The fraction of sp³-hybridized carbons (Fsp3) is 0.450. The topological polar surface area (TPSA) is 40.5 Å². The molecule has 2 bridgehead atoms. The summed E-state index contributed by atoms with van der Waals surface area (Å²) in [4.78, 5) is 7.00. The van der Waals surface area contributed by atoms with Gasteiger partial charge in [-0.05, 0) is 68.8 Å². The molecule has 130 valence electrons. The van der Waals surface area contributed by atoms with Gasteiger partial charge in [-0.2, -0.15) is 5.10 Å². The molecule has 2 saturated heterocycles. The maximum absolute atomic E-state index is 5.60. The lowest BCUT2D eigenvalue weighted by Crippen LogP contribution is -2.40. The van der Waals surface area contributed by atoms with E-state index in [4.69, 9.17) is 12.2 Å². The van der Waals surface area contributed by atoms with Crippen molar-refractivity contribution in [3.63, 3.8) is 0 Å². The Bertz CT molecular complexity index is 794. The highest BCUT2D eigenvalue weighted by Crippen LogP contribution is 2.33. The Balaban J connectivity index is 1.45. The van der Waals surface area contributed by atoms with E-state index in [2.05, 4.69) is 32.5 Å². The van der Waals surface area contributed by atoms with Gasteiger partial charge in [0.1, 0.15) is 0 Å². The Labute approximate surface area is 154 Å². The fourth-order valence-electron chi connectivity index (χ4n) is 3.99. The summed E-state index contributed by atoms with van der Waals surface area (Å²) < 4.78 is 0. The smallest absolute Gasteiger partial charge is 0.189 e. The van der Waals surface area contributed by atoms with Crippen molar-refractivity contribution >= 4 is 33.9 Å². The average Bonchev–Trinajstić information content (AvgIpc) is 2.99. The van der Waals surface area contributed by atoms with Crippen LogP contribution in [0.1, 0.15) is 38.3 Å². The number of hydrazone groups is 1. The standard InChI is InChI=1S/C20H24N4S/c1-14(18-11-10-17-4-2-3-5-19(17)21-18)22-23-20(25)24-12-15-6-7-16(13-24)9-8-15/h2-5,10-11,15-16H,6-9,12-13H2,1H3,(H,23,25)/b22-14+. The first kappa shape index (κ1) is 16.5. The monoisotopic (exact) mass is 352 g/mol. The summed E-state index contributed by atoms with van der Waals surface area (Å²) >= 11 is 5.60. The number of nitrogens with zero attached hydrogens (tertiary/aromatic N) is 3. The molecule has 4 nitrogen and oxygen atoms in total. The van der Waals surface area contributed by atoms with Gasteiger partial charge in [0.2, 0.25) is 0 Å². The van der Waals surface area contributed by atoms with Gasteiger partial charge < -0.3 is 4.90 Å². The number of thiocarbonyl (C=S) groups is 1. The second-order valence-electron chi connectivity index (χ2n) is 7.30. The van der Waals surface area contributed by atoms with Gasteiger partial charge in [-0.1, -0.05) is 24.3 Å². The number of nitrogens with one attached hydrogen (secondary N) is 1. The van der Waals surface area contributed by atoms with Crippen molar-refractivity contribution in [3.8, 4) is 0 Å². The van der Waals surface area contributed by atoms with Gasteiger partial charge >= 0.3 is 0 Å². The second kappa shape index (κ2) is 7.08. The minimum absolute atomic E-state index is 0.749. The summed E-state index contributed by atoms with van der Waals surface area (Å²) in [6.45, 7) is 4.12. The number of aromatic nitrogens is 1. The Kier molecular flexibility index (Phi) is 4.66. The molecule has 0 atom stereocenters. The van der Waals surface area contributed by atoms with Crippen molar-refractivity contribution < 1.29 is 0 Å². The van der Waals surface area contributed by atoms with Gasteiger partial charge in [-0.25, -0.2) is 4.98 Å². The second-order valence-corrected chi connectivity index (χ2v) is 7.68. The molecule has 1 N–H and O–H groups in total. The van der Waals surface area contributed by atoms with Crippen LogP contribution >= 0.6 is 12.2 Å². The van der Waals surface area contributed by atoms with Crippen LogP contribution in [0.4, 0.5) is 0 Å². The molecule has 0 unspecified atom stereocenters. The normalized spacial score (nSPS) is 23.6. The lowest BCUT2D eigenvalue weighted by Gasteiger charge is -2.24. The molecule has 0 radical (unpaired) electrons. The summed E-state index contributed by atoms with van der Waals surface area (Å²) in [5, 5.41) is 6.39. The zero-order valence-electron chi connectivity index (χ0n) is 14.6. The molecule has 3 heterocycles. The molecule has 5 rings (SSSR count). The molecular formula is C20H24N4S. The molecule has 1 aromatic carbocycles. The molecule has 0 amide bonds. The predicted octanol–water partition coefficient (Wildman–Crippen LogP) is 3.96.